The molecule has 1 rings (SSSR count). The Morgan fingerprint density at radius 3 is 2.22 bits per heavy atom. The van der Waals surface area contributed by atoms with E-state index in [1.54, 1.807) is 0 Å². The molecule has 0 aromatic carbocycles. The fourth-order valence-corrected chi connectivity index (χ4v) is 1.43. The van der Waals surface area contributed by atoms with E-state index in [9.17, 15) is 0 Å². The Balaban J connectivity index is 2.18. The third kappa shape index (κ3) is 1.98. The van der Waals surface area contributed by atoms with Crippen LogP contribution in [0.3, 0.4) is 0 Å². The highest BCUT2D eigenvalue weighted by Crippen LogP contribution is 2.22. The van der Waals surface area contributed by atoms with Crippen molar-refractivity contribution in [1.29, 1.82) is 0 Å². The van der Waals surface area contributed by atoms with Crippen LogP contribution in [0.5, 0.6) is 0 Å². The summed E-state index contributed by atoms with van der Waals surface area (Å²) in [6.07, 6.45) is 5.21. The van der Waals surface area contributed by atoms with Crippen LogP contribution in [0.2, 0.25) is 0 Å². The molecule has 0 atom stereocenters. The zero-order valence-electron chi connectivity index (χ0n) is 6.06. The van der Waals surface area contributed by atoms with Gasteiger partial charge < -0.3 is 5.32 Å². The maximum absolute atomic E-state index is 5.30. The molecule has 0 bridgehead atoms. The Bertz CT molecular complexity index is 72.6. The molecule has 0 unspecified atom stereocenters. The lowest BCUT2D eigenvalue weighted by Gasteiger charge is -2.25. The maximum atomic E-state index is 5.30. The van der Waals surface area contributed by atoms with E-state index in [1.807, 2.05) is 0 Å². The molecule has 52 valence electrons. The minimum absolute atomic E-state index is 0.598. The van der Waals surface area contributed by atoms with Crippen LogP contribution in [0, 0.1) is 13.0 Å². The quantitative estimate of drug-likeness (QED) is 0.527. The molecule has 0 amide bonds. The van der Waals surface area contributed by atoms with E-state index in [1.165, 1.54) is 25.7 Å². The van der Waals surface area contributed by atoms with Crippen LogP contribution in [0.4, 0.5) is 0 Å². The average Bonchev–Trinajstić information content (AvgIpc) is 1.90. The summed E-state index contributed by atoms with van der Waals surface area (Å²) in [5.41, 5.74) is 0. The van der Waals surface area contributed by atoms with Gasteiger partial charge in [0.05, 0.1) is 0 Å². The Kier molecular flexibility index (Phi) is 2.52. The monoisotopic (exact) mass is 125 g/mol. The molecule has 1 saturated carbocycles. The van der Waals surface area contributed by atoms with E-state index in [2.05, 4.69) is 12.2 Å². The van der Waals surface area contributed by atoms with Crippen molar-refractivity contribution in [3.05, 3.63) is 7.05 Å². The third-order valence-electron chi connectivity index (χ3n) is 2.25. The molecule has 1 nitrogen and oxygen atoms in total. The summed E-state index contributed by atoms with van der Waals surface area (Å²) in [4.78, 5) is 0. The summed E-state index contributed by atoms with van der Waals surface area (Å²) >= 11 is 0. The lowest BCUT2D eigenvalue weighted by molar-refractivity contribution is 0.325. The lowest BCUT2D eigenvalue weighted by Crippen LogP contribution is -2.27. The van der Waals surface area contributed by atoms with Crippen molar-refractivity contribution >= 4 is 0 Å². The van der Waals surface area contributed by atoms with Gasteiger partial charge in [-0.1, -0.05) is 6.92 Å². The molecule has 0 aromatic heterocycles. The third-order valence-corrected chi connectivity index (χ3v) is 2.25. The van der Waals surface area contributed by atoms with E-state index in [4.69, 9.17) is 7.05 Å². The molecule has 0 spiro atoms. The minimum Gasteiger partial charge on any atom is -0.308 e. The molecule has 0 saturated heterocycles. The maximum Gasteiger partial charge on any atom is 0.0409 e. The van der Waals surface area contributed by atoms with Gasteiger partial charge in [0.25, 0.3) is 0 Å². The van der Waals surface area contributed by atoms with Gasteiger partial charge in [-0.05, 0) is 31.6 Å². The Morgan fingerprint density at radius 1 is 1.22 bits per heavy atom. The largest absolute Gasteiger partial charge is 0.308 e. The Morgan fingerprint density at radius 2 is 1.78 bits per heavy atom. The van der Waals surface area contributed by atoms with Crippen molar-refractivity contribution in [2.75, 3.05) is 0 Å². The molecule has 0 aromatic rings. The first kappa shape index (κ1) is 7.07. The van der Waals surface area contributed by atoms with E-state index in [0.29, 0.717) is 6.04 Å². The fourth-order valence-electron chi connectivity index (χ4n) is 1.43. The van der Waals surface area contributed by atoms with Crippen molar-refractivity contribution in [3.63, 3.8) is 0 Å². The minimum atomic E-state index is 0.598. The van der Waals surface area contributed by atoms with E-state index < -0.39 is 0 Å². The highest BCUT2D eigenvalue weighted by atomic mass is 14.9. The normalized spacial score (nSPS) is 36.7. The fraction of sp³-hybridized carbons (Fsp3) is 0.875. The molecule has 9 heavy (non-hydrogen) atoms. The molecule has 1 fully saturated rings. The van der Waals surface area contributed by atoms with Crippen LogP contribution in [-0.2, 0) is 0 Å². The molecule has 2 radical (unpaired) electrons. The van der Waals surface area contributed by atoms with Gasteiger partial charge in [0.15, 0.2) is 0 Å². The number of rotatable bonds is 1. The predicted octanol–water partition coefficient (Wildman–Crippen LogP) is 1.82. The van der Waals surface area contributed by atoms with Gasteiger partial charge in [0, 0.05) is 13.1 Å². The summed E-state index contributed by atoms with van der Waals surface area (Å²) in [5, 5.41) is 2.82. The van der Waals surface area contributed by atoms with Crippen LogP contribution in [0.1, 0.15) is 32.6 Å². The number of hydrogen-bond donors (Lipinski definition) is 1. The smallest absolute Gasteiger partial charge is 0.0409 e. The van der Waals surface area contributed by atoms with Crippen LogP contribution in [-0.4, -0.2) is 6.04 Å². The average molecular weight is 125 g/mol. The van der Waals surface area contributed by atoms with Crippen LogP contribution in [0.25, 0.3) is 0 Å². The molecule has 1 heteroatoms. The van der Waals surface area contributed by atoms with Gasteiger partial charge in [0.2, 0.25) is 0 Å². The molecule has 0 aliphatic heterocycles. The molecule has 1 N–H and O–H groups in total. The van der Waals surface area contributed by atoms with Crippen molar-refractivity contribution in [3.8, 4) is 0 Å². The van der Waals surface area contributed by atoms with Gasteiger partial charge in [-0.15, -0.1) is 0 Å². The first-order chi connectivity index (χ1) is 4.33. The first-order valence-electron chi connectivity index (χ1n) is 3.79. The van der Waals surface area contributed by atoms with Crippen molar-refractivity contribution in [2.45, 2.75) is 38.6 Å². The molecule has 0 heterocycles. The predicted molar refractivity (Wildman–Crippen MR) is 38.9 cm³/mol. The second kappa shape index (κ2) is 3.21. The van der Waals surface area contributed by atoms with E-state index in [-0.39, 0.29) is 0 Å². The molecule has 1 aliphatic carbocycles. The number of hydrogen-bond acceptors (Lipinski definition) is 1. The summed E-state index contributed by atoms with van der Waals surface area (Å²) in [6.45, 7) is 2.31. The van der Waals surface area contributed by atoms with Gasteiger partial charge in [-0.2, -0.15) is 0 Å². The second-order valence-electron chi connectivity index (χ2n) is 3.12. The van der Waals surface area contributed by atoms with Crippen LogP contribution >= 0.6 is 0 Å². The molecular weight excluding hydrogens is 110 g/mol. The zero-order valence-corrected chi connectivity index (χ0v) is 6.06. The van der Waals surface area contributed by atoms with Crippen molar-refractivity contribution in [1.82, 2.24) is 5.32 Å². The van der Waals surface area contributed by atoms with Gasteiger partial charge in [0.1, 0.15) is 0 Å². The zero-order chi connectivity index (χ0) is 6.69. The summed E-state index contributed by atoms with van der Waals surface area (Å²) in [7, 11) is 5.30. The summed E-state index contributed by atoms with van der Waals surface area (Å²) in [5.74, 6) is 0.926. The Hall–Kier alpha value is -0.0400. The van der Waals surface area contributed by atoms with Crippen LogP contribution < -0.4 is 5.32 Å². The summed E-state index contributed by atoms with van der Waals surface area (Å²) < 4.78 is 0. The summed E-state index contributed by atoms with van der Waals surface area (Å²) in [6, 6.07) is 0.598. The number of nitrogens with one attached hydrogen (secondary N) is 1. The lowest BCUT2D eigenvalue weighted by atomic mass is 9.87. The molecule has 1 aliphatic rings. The highest BCUT2D eigenvalue weighted by Gasteiger charge is 2.15. The SMILES string of the molecule is [CH]NC1CCC(C)CC1. The topological polar surface area (TPSA) is 12.0 Å². The van der Waals surface area contributed by atoms with Crippen molar-refractivity contribution in [2.24, 2.45) is 5.92 Å². The van der Waals surface area contributed by atoms with Gasteiger partial charge in [-0.3, -0.25) is 0 Å². The van der Waals surface area contributed by atoms with Gasteiger partial charge in [-0.25, -0.2) is 0 Å². The Labute approximate surface area is 57.8 Å². The van der Waals surface area contributed by atoms with E-state index >= 15 is 0 Å². The molecular formula is C8H15N. The van der Waals surface area contributed by atoms with Gasteiger partial charge >= 0.3 is 0 Å². The highest BCUT2D eigenvalue weighted by molar-refractivity contribution is 4.74. The first-order valence-corrected chi connectivity index (χ1v) is 3.79. The van der Waals surface area contributed by atoms with Crippen molar-refractivity contribution < 1.29 is 0 Å². The van der Waals surface area contributed by atoms with Crippen LogP contribution in [0.15, 0.2) is 0 Å². The standard InChI is InChI=1S/C8H15N/c1-7-3-5-8(9-2)6-4-7/h2,7-9H,3-6H2,1H3. The van der Waals surface area contributed by atoms with E-state index in [0.717, 1.165) is 5.92 Å². The second-order valence-corrected chi connectivity index (χ2v) is 3.12.